The third kappa shape index (κ3) is 6.31. The van der Waals surface area contributed by atoms with E-state index in [0.717, 1.165) is 0 Å². The molecule has 3 rings (SSSR count). The Kier molecular flexibility index (Phi) is 7.96. The summed E-state index contributed by atoms with van der Waals surface area (Å²) in [6.07, 6.45) is -12.0. The van der Waals surface area contributed by atoms with Crippen LogP contribution in [0.25, 0.3) is 0 Å². The van der Waals surface area contributed by atoms with Gasteiger partial charge in [-0.05, 0) is 48.4 Å². The molecular formula is C20H19ClF7NO2. The van der Waals surface area contributed by atoms with Crippen LogP contribution in [0.15, 0.2) is 42.5 Å². The van der Waals surface area contributed by atoms with Crippen LogP contribution in [0.3, 0.4) is 0 Å². The Bertz CT molecular complexity index is 839. The number of benzene rings is 2. The van der Waals surface area contributed by atoms with Crippen LogP contribution >= 0.6 is 12.4 Å². The average molecular weight is 474 g/mol. The average Bonchev–Trinajstić information content (AvgIpc) is 2.67. The van der Waals surface area contributed by atoms with Crippen molar-refractivity contribution in [2.75, 3.05) is 13.2 Å². The summed E-state index contributed by atoms with van der Waals surface area (Å²) in [7, 11) is 0. The minimum atomic E-state index is -4.95. The molecule has 3 atom stereocenters. The summed E-state index contributed by atoms with van der Waals surface area (Å²) in [5, 5.41) is 3.10. The zero-order chi connectivity index (χ0) is 22.1. The predicted octanol–water partition coefficient (Wildman–Crippen LogP) is 6.05. The first-order valence-corrected chi connectivity index (χ1v) is 9.00. The Labute approximate surface area is 179 Å². The second-order valence-corrected chi connectivity index (χ2v) is 6.84. The van der Waals surface area contributed by atoms with Crippen LogP contribution < -0.4 is 5.32 Å². The van der Waals surface area contributed by atoms with E-state index in [4.69, 9.17) is 9.47 Å². The van der Waals surface area contributed by atoms with Gasteiger partial charge < -0.3 is 14.8 Å². The standard InChI is InChI=1S/C20H18F7NO2.ClH/c1-11(13-8-14(19(22,23)24)10-15(9-13)20(25,26)27)30-18-17(28-6-7-29-18)12-2-4-16(21)5-3-12;/h2-5,8-11,17-18,28H,6-7H2,1H3;1H/t11-,17-,18+;/m0./s1. The molecule has 3 nitrogen and oxygen atoms in total. The van der Waals surface area contributed by atoms with Gasteiger partial charge in [0.25, 0.3) is 0 Å². The van der Waals surface area contributed by atoms with Gasteiger partial charge in [-0.15, -0.1) is 12.4 Å². The first-order valence-electron chi connectivity index (χ1n) is 9.00. The lowest BCUT2D eigenvalue weighted by Gasteiger charge is -2.34. The van der Waals surface area contributed by atoms with E-state index in [9.17, 15) is 30.7 Å². The van der Waals surface area contributed by atoms with Crippen molar-refractivity contribution in [1.29, 1.82) is 0 Å². The molecule has 0 aliphatic carbocycles. The van der Waals surface area contributed by atoms with Crippen molar-refractivity contribution in [3.8, 4) is 0 Å². The SMILES string of the molecule is C[C@H](O[C@H]1OCCN[C@H]1c1ccc(F)cc1)c1cc(C(F)(F)F)cc(C(F)(F)F)c1.Cl. The molecular weight excluding hydrogens is 455 g/mol. The molecule has 1 heterocycles. The van der Waals surface area contributed by atoms with Crippen molar-refractivity contribution in [2.24, 2.45) is 0 Å². The fraction of sp³-hybridized carbons (Fsp3) is 0.400. The highest BCUT2D eigenvalue weighted by molar-refractivity contribution is 5.85. The Morgan fingerprint density at radius 3 is 2.03 bits per heavy atom. The van der Waals surface area contributed by atoms with Crippen molar-refractivity contribution in [3.05, 3.63) is 70.5 Å². The Morgan fingerprint density at radius 1 is 0.968 bits per heavy atom. The van der Waals surface area contributed by atoms with Crippen LogP contribution in [-0.2, 0) is 21.8 Å². The van der Waals surface area contributed by atoms with E-state index in [2.05, 4.69) is 5.32 Å². The molecule has 172 valence electrons. The number of hydrogen-bond acceptors (Lipinski definition) is 3. The summed E-state index contributed by atoms with van der Waals surface area (Å²) in [5.74, 6) is -0.454. The molecule has 0 radical (unpaired) electrons. The maximum Gasteiger partial charge on any atom is 0.416 e. The maximum absolute atomic E-state index is 13.2. The topological polar surface area (TPSA) is 30.5 Å². The van der Waals surface area contributed by atoms with E-state index in [1.807, 2.05) is 0 Å². The molecule has 0 aromatic heterocycles. The van der Waals surface area contributed by atoms with Gasteiger partial charge in [-0.3, -0.25) is 0 Å². The van der Waals surface area contributed by atoms with Crippen LogP contribution in [0.1, 0.15) is 41.3 Å². The van der Waals surface area contributed by atoms with Crippen LogP contribution in [0.4, 0.5) is 30.7 Å². The lowest BCUT2D eigenvalue weighted by atomic mass is 10.0. The number of rotatable bonds is 4. The molecule has 31 heavy (non-hydrogen) atoms. The van der Waals surface area contributed by atoms with Crippen LogP contribution in [0.2, 0.25) is 0 Å². The summed E-state index contributed by atoms with van der Waals surface area (Å²) in [5.41, 5.74) is -2.52. The van der Waals surface area contributed by atoms with Gasteiger partial charge in [-0.2, -0.15) is 26.3 Å². The van der Waals surface area contributed by atoms with Gasteiger partial charge in [-0.25, -0.2) is 4.39 Å². The van der Waals surface area contributed by atoms with Gasteiger partial charge in [0.1, 0.15) is 5.82 Å². The first kappa shape index (κ1) is 25.4. The number of hydrogen-bond donors (Lipinski definition) is 1. The van der Waals surface area contributed by atoms with E-state index >= 15 is 0 Å². The quantitative estimate of drug-likeness (QED) is 0.548. The maximum atomic E-state index is 13.2. The predicted molar refractivity (Wildman–Crippen MR) is 100 cm³/mol. The van der Waals surface area contributed by atoms with Crippen LogP contribution in [0.5, 0.6) is 0 Å². The largest absolute Gasteiger partial charge is 0.416 e. The first-order chi connectivity index (χ1) is 13.9. The van der Waals surface area contributed by atoms with Crippen molar-refractivity contribution < 1.29 is 40.2 Å². The van der Waals surface area contributed by atoms with Crippen molar-refractivity contribution in [1.82, 2.24) is 5.32 Å². The molecule has 2 aromatic rings. The Hall–Kier alpha value is -1.88. The molecule has 0 saturated carbocycles. The fourth-order valence-corrected chi connectivity index (χ4v) is 3.14. The van der Waals surface area contributed by atoms with Crippen molar-refractivity contribution >= 4 is 12.4 Å². The third-order valence-electron chi connectivity index (χ3n) is 4.67. The molecule has 2 aromatic carbocycles. The number of halogens is 8. The van der Waals surface area contributed by atoms with Gasteiger partial charge in [0.15, 0.2) is 6.29 Å². The van der Waals surface area contributed by atoms with Crippen molar-refractivity contribution in [3.63, 3.8) is 0 Å². The highest BCUT2D eigenvalue weighted by Crippen LogP contribution is 2.38. The molecule has 1 saturated heterocycles. The number of ether oxygens (including phenoxy) is 2. The van der Waals surface area contributed by atoms with E-state index < -0.39 is 47.7 Å². The lowest BCUT2D eigenvalue weighted by Crippen LogP contribution is -2.43. The molecule has 0 amide bonds. The van der Waals surface area contributed by atoms with Gasteiger partial charge in [-0.1, -0.05) is 12.1 Å². The van der Waals surface area contributed by atoms with Gasteiger partial charge in [0, 0.05) is 6.54 Å². The van der Waals surface area contributed by atoms with E-state index in [1.54, 1.807) is 0 Å². The molecule has 0 spiro atoms. The highest BCUT2D eigenvalue weighted by atomic mass is 35.5. The smallest absolute Gasteiger partial charge is 0.349 e. The summed E-state index contributed by atoms with van der Waals surface area (Å²) < 4.78 is 103. The number of morpholine rings is 1. The summed E-state index contributed by atoms with van der Waals surface area (Å²) in [6.45, 7) is 2.01. The monoisotopic (exact) mass is 473 g/mol. The number of alkyl halides is 6. The zero-order valence-electron chi connectivity index (χ0n) is 16.1. The molecule has 1 aliphatic heterocycles. The summed E-state index contributed by atoms with van der Waals surface area (Å²) >= 11 is 0. The molecule has 11 heteroatoms. The minimum absolute atomic E-state index is 0. The van der Waals surface area contributed by atoms with Gasteiger partial charge in [0.05, 0.1) is 29.9 Å². The number of nitrogens with one attached hydrogen (secondary N) is 1. The van der Waals surface area contributed by atoms with E-state index in [-0.39, 0.29) is 30.6 Å². The second kappa shape index (κ2) is 9.72. The van der Waals surface area contributed by atoms with E-state index in [0.29, 0.717) is 24.2 Å². The van der Waals surface area contributed by atoms with E-state index in [1.165, 1.54) is 31.2 Å². The molecule has 0 bridgehead atoms. The normalized spacial score (nSPS) is 20.8. The fourth-order valence-electron chi connectivity index (χ4n) is 3.14. The second-order valence-electron chi connectivity index (χ2n) is 6.84. The van der Waals surface area contributed by atoms with Crippen LogP contribution in [-0.4, -0.2) is 19.4 Å². The van der Waals surface area contributed by atoms with Gasteiger partial charge in [0.2, 0.25) is 0 Å². The molecule has 1 aliphatic rings. The minimum Gasteiger partial charge on any atom is -0.349 e. The van der Waals surface area contributed by atoms with Crippen molar-refractivity contribution in [2.45, 2.75) is 37.7 Å². The van der Waals surface area contributed by atoms with Gasteiger partial charge >= 0.3 is 12.4 Å². The molecule has 1 fully saturated rings. The summed E-state index contributed by atoms with van der Waals surface area (Å²) in [6, 6.07) is 6.20. The van der Waals surface area contributed by atoms with Crippen LogP contribution in [0, 0.1) is 5.82 Å². The lowest BCUT2D eigenvalue weighted by molar-refractivity contribution is -0.200. The molecule has 0 unspecified atom stereocenters. The molecule has 1 N–H and O–H groups in total. The third-order valence-corrected chi connectivity index (χ3v) is 4.67. The Balaban J connectivity index is 0.00000341. The highest BCUT2D eigenvalue weighted by Gasteiger charge is 2.38. The Morgan fingerprint density at radius 2 is 1.52 bits per heavy atom. The zero-order valence-corrected chi connectivity index (χ0v) is 16.9. The summed E-state index contributed by atoms with van der Waals surface area (Å²) in [4.78, 5) is 0.